The van der Waals surface area contributed by atoms with E-state index in [1.54, 1.807) is 0 Å². The Bertz CT molecular complexity index is 529. The average molecular weight is 717 g/mol. The lowest BCUT2D eigenvalue weighted by atomic mass is 10.1. The Kier molecular flexibility index (Phi) is 12.2. The van der Waals surface area contributed by atoms with Crippen LogP contribution in [0.15, 0.2) is 0 Å². The molecule has 2 rings (SSSR count). The highest BCUT2D eigenvalue weighted by Gasteiger charge is 2.45. The van der Waals surface area contributed by atoms with Gasteiger partial charge >= 0.3 is 0 Å². The van der Waals surface area contributed by atoms with Crippen LogP contribution in [0, 0.1) is 11.8 Å². The van der Waals surface area contributed by atoms with Crippen molar-refractivity contribution in [2.24, 2.45) is 11.8 Å². The van der Waals surface area contributed by atoms with Crippen LogP contribution in [0.25, 0.3) is 0 Å². The van der Waals surface area contributed by atoms with Crippen molar-refractivity contribution in [1.82, 2.24) is 0 Å². The average Bonchev–Trinajstić information content (AvgIpc) is 3.15. The topological polar surface area (TPSA) is 18.5 Å². The van der Waals surface area contributed by atoms with Crippen molar-refractivity contribution in [2.45, 2.75) is 128 Å². The normalized spacial score (nSPS) is 32.1. The van der Waals surface area contributed by atoms with E-state index in [9.17, 15) is 8.78 Å². The Morgan fingerprint density at radius 2 is 0.938 bits per heavy atom. The van der Waals surface area contributed by atoms with Gasteiger partial charge in [-0.1, -0.05) is 86.7 Å². The molecule has 2 aliphatic carbocycles. The molecule has 0 amide bonds. The van der Waals surface area contributed by atoms with Crippen molar-refractivity contribution < 1.29 is 17.6 Å². The molecule has 8 heteroatoms. The molecule has 192 valence electrons. The Balaban J connectivity index is 0.000000320. The van der Waals surface area contributed by atoms with Crippen LogP contribution in [-0.4, -0.2) is 50.0 Å². The molecule has 0 aromatic heterocycles. The molecule has 0 aromatic rings. The van der Waals surface area contributed by atoms with Crippen LogP contribution < -0.4 is 0 Å². The van der Waals surface area contributed by atoms with Crippen molar-refractivity contribution in [3.8, 4) is 0 Å². The van der Waals surface area contributed by atoms with Gasteiger partial charge in [0.2, 0.25) is 0 Å². The summed E-state index contributed by atoms with van der Waals surface area (Å²) in [6.45, 7) is 22.1. The summed E-state index contributed by atoms with van der Waals surface area (Å²) in [5, 5.41) is 0.351. The van der Waals surface area contributed by atoms with Gasteiger partial charge in [-0.05, 0) is 73.8 Å². The first-order chi connectivity index (χ1) is 14.3. The van der Waals surface area contributed by atoms with Crippen LogP contribution >= 0.6 is 45.2 Å². The summed E-state index contributed by atoms with van der Waals surface area (Å²) < 4.78 is 42.1. The van der Waals surface area contributed by atoms with E-state index in [4.69, 9.17) is 8.85 Å². The minimum atomic E-state index is -1.80. The van der Waals surface area contributed by atoms with Crippen LogP contribution in [0.5, 0.6) is 0 Å². The Hall–Kier alpha value is 1.67. The zero-order valence-corrected chi connectivity index (χ0v) is 28.4. The quantitative estimate of drug-likeness (QED) is 0.155. The van der Waals surface area contributed by atoms with E-state index in [1.807, 2.05) is 0 Å². The summed E-state index contributed by atoms with van der Waals surface area (Å²) in [6.07, 6.45) is 1.46. The lowest BCUT2D eigenvalue weighted by Crippen LogP contribution is -2.45. The number of hydrogen-bond acceptors (Lipinski definition) is 2. The Morgan fingerprint density at radius 3 is 1.12 bits per heavy atom. The highest BCUT2D eigenvalue weighted by molar-refractivity contribution is 14.1. The van der Waals surface area contributed by atoms with E-state index in [1.165, 1.54) is 0 Å². The molecule has 0 bridgehead atoms. The third-order valence-electron chi connectivity index (χ3n) is 8.00. The van der Waals surface area contributed by atoms with Crippen LogP contribution in [0.4, 0.5) is 8.78 Å². The molecular weight excluding hydrogens is 668 g/mol. The van der Waals surface area contributed by atoms with Crippen molar-refractivity contribution in [2.75, 3.05) is 8.86 Å². The molecular formula is C24H48F2I2O2Si2. The molecule has 2 nitrogen and oxygen atoms in total. The van der Waals surface area contributed by atoms with Gasteiger partial charge < -0.3 is 8.85 Å². The zero-order chi connectivity index (χ0) is 25.1. The van der Waals surface area contributed by atoms with E-state index in [2.05, 4.69) is 113 Å². The largest absolute Gasteiger partial charge is 0.411 e. The maximum Gasteiger partial charge on any atom is 0.192 e. The molecule has 0 unspecified atom stereocenters. The van der Waals surface area contributed by atoms with Crippen molar-refractivity contribution >= 4 is 61.8 Å². The third-order valence-corrected chi connectivity index (χ3v) is 19.5. The van der Waals surface area contributed by atoms with Gasteiger partial charge in [0.15, 0.2) is 16.6 Å². The van der Waals surface area contributed by atoms with E-state index < -0.39 is 29.0 Å². The minimum Gasteiger partial charge on any atom is -0.411 e. The molecule has 2 aliphatic rings. The number of rotatable bonds is 6. The monoisotopic (exact) mass is 716 g/mol. The number of hydrogen-bond donors (Lipinski definition) is 0. The molecule has 2 saturated carbocycles. The van der Waals surface area contributed by atoms with Crippen LogP contribution in [0.1, 0.15) is 67.2 Å². The van der Waals surface area contributed by atoms with Crippen LogP contribution in [-0.2, 0) is 8.85 Å². The van der Waals surface area contributed by atoms with Gasteiger partial charge in [-0.3, -0.25) is 0 Å². The summed E-state index contributed by atoms with van der Waals surface area (Å²) >= 11 is 4.70. The fraction of sp³-hybridized carbons (Fsp3) is 1.00. The standard InChI is InChI=1S/2C12H24FIOSi/c2*1-12(2,3)16(4,5)15-11-7-9(8-14)6-10(11)13/h2*9-11H,6-8H2,1-5H3/t2*9-,10+,11+/m00/s1. The zero-order valence-electron chi connectivity index (χ0n) is 22.0. The molecule has 6 atom stereocenters. The molecule has 0 heterocycles. The summed E-state index contributed by atoms with van der Waals surface area (Å²) in [6, 6.07) is 0. The van der Waals surface area contributed by atoms with Gasteiger partial charge in [-0.2, -0.15) is 0 Å². The molecule has 2 fully saturated rings. The molecule has 32 heavy (non-hydrogen) atoms. The number of halogens is 4. The lowest BCUT2D eigenvalue weighted by molar-refractivity contribution is 0.111. The second kappa shape index (κ2) is 12.3. The fourth-order valence-corrected chi connectivity index (χ4v) is 7.84. The third kappa shape index (κ3) is 8.96. The first-order valence-corrected chi connectivity index (χ1v) is 21.0. The summed E-state index contributed by atoms with van der Waals surface area (Å²) in [5.74, 6) is 1.04. The van der Waals surface area contributed by atoms with E-state index >= 15 is 0 Å². The van der Waals surface area contributed by atoms with E-state index in [0.29, 0.717) is 24.7 Å². The van der Waals surface area contributed by atoms with Gasteiger partial charge in [0.05, 0.1) is 12.2 Å². The SMILES string of the molecule is CC(C)(C)[Si](C)(C)O[C@@H]1C[C@@H](CI)C[C@H]1F.CC(C)(C)[Si](C)(C)O[C@@H]1C[C@@H](CI)C[C@H]1F. The van der Waals surface area contributed by atoms with E-state index in [-0.39, 0.29) is 22.3 Å². The highest BCUT2D eigenvalue weighted by Crippen LogP contribution is 2.42. The highest BCUT2D eigenvalue weighted by atomic mass is 127. The molecule has 0 aromatic carbocycles. The molecule has 0 saturated heterocycles. The van der Waals surface area contributed by atoms with E-state index in [0.717, 1.165) is 21.7 Å². The summed E-state index contributed by atoms with van der Waals surface area (Å²) in [4.78, 5) is 0. The minimum absolute atomic E-state index is 0.138. The van der Waals surface area contributed by atoms with Gasteiger partial charge in [0, 0.05) is 8.86 Å². The Labute approximate surface area is 226 Å². The van der Waals surface area contributed by atoms with Crippen molar-refractivity contribution in [3.63, 3.8) is 0 Å². The van der Waals surface area contributed by atoms with Gasteiger partial charge in [0.25, 0.3) is 0 Å². The lowest BCUT2D eigenvalue weighted by Gasteiger charge is -2.38. The maximum absolute atomic E-state index is 13.8. The van der Waals surface area contributed by atoms with Crippen LogP contribution in [0.3, 0.4) is 0 Å². The smallest absolute Gasteiger partial charge is 0.192 e. The predicted octanol–water partition coefficient (Wildman–Crippen LogP) is 9.12. The van der Waals surface area contributed by atoms with Crippen LogP contribution in [0.2, 0.25) is 36.3 Å². The first-order valence-electron chi connectivity index (χ1n) is 12.1. The predicted molar refractivity (Wildman–Crippen MR) is 157 cm³/mol. The van der Waals surface area contributed by atoms with Crippen molar-refractivity contribution in [1.29, 1.82) is 0 Å². The number of alkyl halides is 4. The second-order valence-corrected chi connectivity index (χ2v) is 24.1. The summed E-state index contributed by atoms with van der Waals surface area (Å²) in [7, 11) is -3.59. The summed E-state index contributed by atoms with van der Waals surface area (Å²) in [5.41, 5.74) is 0. The Morgan fingerprint density at radius 1 is 0.656 bits per heavy atom. The molecule has 0 N–H and O–H groups in total. The van der Waals surface area contributed by atoms with Gasteiger partial charge in [-0.15, -0.1) is 0 Å². The molecule has 0 radical (unpaired) electrons. The first kappa shape index (κ1) is 31.7. The fourth-order valence-electron chi connectivity index (χ4n) is 3.69. The second-order valence-electron chi connectivity index (χ2n) is 12.8. The van der Waals surface area contributed by atoms with Gasteiger partial charge in [0.1, 0.15) is 12.3 Å². The van der Waals surface area contributed by atoms with Gasteiger partial charge in [-0.25, -0.2) is 8.78 Å². The molecule has 0 spiro atoms. The van der Waals surface area contributed by atoms with Crippen molar-refractivity contribution in [3.05, 3.63) is 0 Å². The maximum atomic E-state index is 13.8. The molecule has 0 aliphatic heterocycles.